The van der Waals surface area contributed by atoms with Crippen LogP contribution in [0.1, 0.15) is 19.2 Å². The van der Waals surface area contributed by atoms with Gasteiger partial charge in [0.2, 0.25) is 0 Å². The molecular formula is C11H19ClN4. The van der Waals surface area contributed by atoms with Crippen molar-refractivity contribution >= 4 is 11.6 Å². The Morgan fingerprint density at radius 2 is 2.44 bits per heavy atom. The predicted octanol–water partition coefficient (Wildman–Crippen LogP) is 1.24. The fraction of sp³-hybridized carbons (Fsp3) is 0.727. The maximum Gasteiger partial charge on any atom is 0.128 e. The molecule has 5 heteroatoms. The number of likely N-dealkylation sites (tertiary alicyclic amines) is 1. The molecular weight excluding hydrogens is 224 g/mol. The molecule has 0 aliphatic carbocycles. The lowest BCUT2D eigenvalue weighted by atomic mass is 10.0. The Morgan fingerprint density at radius 3 is 2.94 bits per heavy atom. The van der Waals surface area contributed by atoms with Gasteiger partial charge in [-0.25, -0.2) is 4.98 Å². The molecule has 16 heavy (non-hydrogen) atoms. The average molecular weight is 243 g/mol. The van der Waals surface area contributed by atoms with E-state index in [0.717, 1.165) is 25.5 Å². The van der Waals surface area contributed by atoms with Crippen molar-refractivity contribution in [3.05, 3.63) is 17.2 Å². The van der Waals surface area contributed by atoms with Crippen LogP contribution >= 0.6 is 11.6 Å². The van der Waals surface area contributed by atoms with E-state index >= 15 is 0 Å². The van der Waals surface area contributed by atoms with Crippen molar-refractivity contribution in [1.29, 1.82) is 0 Å². The van der Waals surface area contributed by atoms with Crippen molar-refractivity contribution in [2.75, 3.05) is 13.1 Å². The third-order valence-electron chi connectivity index (χ3n) is 3.45. The topological polar surface area (TPSA) is 47.1 Å². The molecule has 2 N–H and O–H groups in total. The largest absolute Gasteiger partial charge is 0.328 e. The van der Waals surface area contributed by atoms with Gasteiger partial charge in [0.25, 0.3) is 0 Å². The highest BCUT2D eigenvalue weighted by molar-refractivity contribution is 6.29. The van der Waals surface area contributed by atoms with E-state index < -0.39 is 0 Å². The maximum absolute atomic E-state index is 5.96. The fourth-order valence-corrected chi connectivity index (χ4v) is 2.35. The van der Waals surface area contributed by atoms with Gasteiger partial charge in [-0.05, 0) is 25.8 Å². The Kier molecular flexibility index (Phi) is 3.52. The van der Waals surface area contributed by atoms with Crippen LogP contribution in [0.3, 0.4) is 0 Å². The highest BCUT2D eigenvalue weighted by atomic mass is 35.5. The van der Waals surface area contributed by atoms with Crippen LogP contribution in [0.5, 0.6) is 0 Å². The standard InChI is InChI=1S/C11H19ClN4/c1-8(13)9-3-4-16(6-9)7-11-14-5-10(12)15(11)2/h5,8-9H,3-4,6-7,13H2,1-2H3. The Labute approximate surface area is 101 Å². The average Bonchev–Trinajstić information content (AvgIpc) is 2.81. The van der Waals surface area contributed by atoms with Crippen LogP contribution in [0.25, 0.3) is 0 Å². The first kappa shape index (κ1) is 11.9. The second-order valence-corrected chi connectivity index (χ2v) is 5.09. The second-order valence-electron chi connectivity index (χ2n) is 4.70. The van der Waals surface area contributed by atoms with E-state index in [1.54, 1.807) is 6.20 Å². The zero-order valence-electron chi connectivity index (χ0n) is 9.86. The lowest BCUT2D eigenvalue weighted by Crippen LogP contribution is -2.30. The first-order valence-electron chi connectivity index (χ1n) is 5.72. The molecule has 0 aromatic carbocycles. The van der Waals surface area contributed by atoms with Gasteiger partial charge in [0.05, 0.1) is 12.7 Å². The summed E-state index contributed by atoms with van der Waals surface area (Å²) in [6.07, 6.45) is 2.89. The number of nitrogens with two attached hydrogens (primary N) is 1. The van der Waals surface area contributed by atoms with Crippen LogP contribution in [-0.4, -0.2) is 33.6 Å². The van der Waals surface area contributed by atoms with Crippen molar-refractivity contribution in [2.24, 2.45) is 18.7 Å². The SMILES string of the molecule is CC(N)C1CCN(Cc2ncc(Cl)n2C)C1. The van der Waals surface area contributed by atoms with Crippen molar-refractivity contribution in [3.8, 4) is 0 Å². The molecule has 0 bridgehead atoms. The number of imidazole rings is 1. The quantitative estimate of drug-likeness (QED) is 0.868. The van der Waals surface area contributed by atoms with Gasteiger partial charge in [0.1, 0.15) is 11.0 Å². The van der Waals surface area contributed by atoms with Crippen LogP contribution in [0.2, 0.25) is 5.15 Å². The van der Waals surface area contributed by atoms with Gasteiger partial charge in [-0.1, -0.05) is 11.6 Å². The molecule has 1 aliphatic rings. The highest BCUT2D eigenvalue weighted by Crippen LogP contribution is 2.21. The molecule has 1 aliphatic heterocycles. The summed E-state index contributed by atoms with van der Waals surface area (Å²) in [6, 6.07) is 0.287. The molecule has 90 valence electrons. The van der Waals surface area contributed by atoms with Crippen molar-refractivity contribution in [1.82, 2.24) is 14.5 Å². The minimum atomic E-state index is 0.287. The van der Waals surface area contributed by atoms with Gasteiger partial charge >= 0.3 is 0 Å². The van der Waals surface area contributed by atoms with Gasteiger partial charge in [0, 0.05) is 19.6 Å². The summed E-state index contributed by atoms with van der Waals surface area (Å²) >= 11 is 5.96. The van der Waals surface area contributed by atoms with E-state index in [2.05, 4.69) is 16.8 Å². The van der Waals surface area contributed by atoms with Crippen molar-refractivity contribution < 1.29 is 0 Å². The molecule has 2 heterocycles. The molecule has 0 spiro atoms. The van der Waals surface area contributed by atoms with Gasteiger partial charge < -0.3 is 10.3 Å². The molecule has 2 atom stereocenters. The first-order valence-corrected chi connectivity index (χ1v) is 6.09. The third-order valence-corrected chi connectivity index (χ3v) is 3.80. The number of hydrogen-bond acceptors (Lipinski definition) is 3. The predicted molar refractivity (Wildman–Crippen MR) is 65.3 cm³/mol. The summed E-state index contributed by atoms with van der Waals surface area (Å²) in [6.45, 7) is 5.14. The van der Waals surface area contributed by atoms with Gasteiger partial charge in [-0.3, -0.25) is 4.90 Å². The van der Waals surface area contributed by atoms with E-state index in [0.29, 0.717) is 11.1 Å². The molecule has 2 unspecified atom stereocenters. The zero-order valence-corrected chi connectivity index (χ0v) is 10.6. The van der Waals surface area contributed by atoms with Crippen molar-refractivity contribution in [3.63, 3.8) is 0 Å². The van der Waals surface area contributed by atoms with Crippen molar-refractivity contribution in [2.45, 2.75) is 25.9 Å². The van der Waals surface area contributed by atoms with Crippen LogP contribution in [0.15, 0.2) is 6.20 Å². The number of aromatic nitrogens is 2. The van der Waals surface area contributed by atoms with Gasteiger partial charge in [0.15, 0.2) is 0 Å². The van der Waals surface area contributed by atoms with E-state index in [4.69, 9.17) is 17.3 Å². The summed E-state index contributed by atoms with van der Waals surface area (Å²) in [4.78, 5) is 6.70. The number of halogens is 1. The molecule has 1 fully saturated rings. The number of nitrogens with zero attached hydrogens (tertiary/aromatic N) is 3. The summed E-state index contributed by atoms with van der Waals surface area (Å²) in [5.74, 6) is 1.64. The van der Waals surface area contributed by atoms with Crippen LogP contribution in [0, 0.1) is 5.92 Å². The molecule has 0 saturated carbocycles. The monoisotopic (exact) mass is 242 g/mol. The molecule has 0 radical (unpaired) electrons. The molecule has 1 aromatic rings. The molecule has 1 aromatic heterocycles. The summed E-state index contributed by atoms with van der Waals surface area (Å²) in [5.41, 5.74) is 5.92. The Bertz CT molecular complexity index is 361. The van der Waals surface area contributed by atoms with Crippen LogP contribution in [0.4, 0.5) is 0 Å². The normalized spacial score (nSPS) is 23.9. The molecule has 0 amide bonds. The van der Waals surface area contributed by atoms with E-state index in [1.807, 2.05) is 11.6 Å². The Hall–Kier alpha value is -0.580. The number of hydrogen-bond donors (Lipinski definition) is 1. The minimum absolute atomic E-state index is 0.287. The molecule has 4 nitrogen and oxygen atoms in total. The third kappa shape index (κ3) is 2.39. The smallest absolute Gasteiger partial charge is 0.128 e. The fourth-order valence-electron chi connectivity index (χ4n) is 2.21. The van der Waals surface area contributed by atoms with E-state index in [1.165, 1.54) is 6.42 Å². The molecule has 2 rings (SSSR count). The maximum atomic E-state index is 5.96. The second kappa shape index (κ2) is 4.73. The number of rotatable bonds is 3. The van der Waals surface area contributed by atoms with Crippen LogP contribution in [-0.2, 0) is 13.6 Å². The lowest BCUT2D eigenvalue weighted by molar-refractivity contribution is 0.298. The summed E-state index contributed by atoms with van der Waals surface area (Å²) in [7, 11) is 1.95. The van der Waals surface area contributed by atoms with Gasteiger partial charge in [-0.2, -0.15) is 0 Å². The Balaban J connectivity index is 1.94. The summed E-state index contributed by atoms with van der Waals surface area (Å²) < 4.78 is 1.93. The van der Waals surface area contributed by atoms with E-state index in [9.17, 15) is 0 Å². The van der Waals surface area contributed by atoms with Gasteiger partial charge in [-0.15, -0.1) is 0 Å². The summed E-state index contributed by atoms with van der Waals surface area (Å²) in [5, 5.41) is 0.693. The first-order chi connectivity index (χ1) is 7.58. The molecule has 1 saturated heterocycles. The van der Waals surface area contributed by atoms with Crippen LogP contribution < -0.4 is 5.73 Å². The minimum Gasteiger partial charge on any atom is -0.328 e. The lowest BCUT2D eigenvalue weighted by Gasteiger charge is -2.17. The van der Waals surface area contributed by atoms with E-state index in [-0.39, 0.29) is 6.04 Å². The Morgan fingerprint density at radius 1 is 1.69 bits per heavy atom. The zero-order chi connectivity index (χ0) is 11.7. The highest BCUT2D eigenvalue weighted by Gasteiger charge is 2.25.